The van der Waals surface area contributed by atoms with E-state index in [1.165, 1.54) is 5.56 Å². The molecule has 3 aromatic rings. The van der Waals surface area contributed by atoms with Crippen LogP contribution in [0.15, 0.2) is 72.0 Å². The van der Waals surface area contributed by atoms with Gasteiger partial charge in [0.1, 0.15) is 12.9 Å². The van der Waals surface area contributed by atoms with E-state index in [0.717, 1.165) is 24.0 Å². The van der Waals surface area contributed by atoms with Crippen molar-refractivity contribution < 1.29 is 0 Å². The van der Waals surface area contributed by atoms with Crippen molar-refractivity contribution in [1.82, 2.24) is 25.4 Å². The minimum Gasteiger partial charge on any atom is -0.357 e. The van der Waals surface area contributed by atoms with E-state index in [-0.39, 0.29) is 6.04 Å². The molecule has 2 aromatic carbocycles. The van der Waals surface area contributed by atoms with Crippen LogP contribution in [-0.2, 0) is 6.54 Å². The molecule has 1 unspecified atom stereocenters. The van der Waals surface area contributed by atoms with E-state index in [1.54, 1.807) is 6.33 Å². The number of aliphatic imine (C=N–C) groups is 1. The fourth-order valence-electron chi connectivity index (χ4n) is 2.67. The minimum atomic E-state index is 0.154. The van der Waals surface area contributed by atoms with Gasteiger partial charge in [-0.15, -0.1) is 10.2 Å². The Morgan fingerprint density at radius 3 is 2.46 bits per heavy atom. The summed E-state index contributed by atoms with van der Waals surface area (Å²) in [5, 5.41) is 15.0. The molecule has 0 aliphatic heterocycles. The number of benzene rings is 2. The number of rotatable bonds is 6. The molecule has 0 radical (unpaired) electrons. The predicted molar refractivity (Wildman–Crippen MR) is 104 cm³/mol. The van der Waals surface area contributed by atoms with E-state index in [4.69, 9.17) is 0 Å². The van der Waals surface area contributed by atoms with Gasteiger partial charge in [-0.05, 0) is 31.5 Å². The fraction of sp³-hybridized carbons (Fsp3) is 0.250. The van der Waals surface area contributed by atoms with Gasteiger partial charge in [-0.3, -0.25) is 4.57 Å². The number of nitrogens with zero attached hydrogens (tertiary/aromatic N) is 4. The number of nitrogens with one attached hydrogen (secondary N) is 2. The Balaban J connectivity index is 1.73. The Kier molecular flexibility index (Phi) is 5.98. The Hall–Kier alpha value is -3.15. The predicted octanol–water partition coefficient (Wildman–Crippen LogP) is 3.08. The third kappa shape index (κ3) is 4.47. The number of hydrogen-bond acceptors (Lipinski definition) is 3. The maximum Gasteiger partial charge on any atom is 0.192 e. The molecule has 134 valence electrons. The van der Waals surface area contributed by atoms with Crippen LogP contribution in [0.25, 0.3) is 5.69 Å². The monoisotopic (exact) mass is 348 g/mol. The average Bonchev–Trinajstić information content (AvgIpc) is 3.16. The molecule has 0 amide bonds. The van der Waals surface area contributed by atoms with Crippen molar-refractivity contribution in [3.8, 4) is 5.69 Å². The zero-order valence-electron chi connectivity index (χ0n) is 15.1. The van der Waals surface area contributed by atoms with Crippen LogP contribution in [0.5, 0.6) is 0 Å². The van der Waals surface area contributed by atoms with Crippen LogP contribution in [0.4, 0.5) is 0 Å². The SMILES string of the molecule is CCNC(=NCc1nncn1-c1ccccc1)NC(C)c1ccccc1. The summed E-state index contributed by atoms with van der Waals surface area (Å²) in [6.07, 6.45) is 1.72. The van der Waals surface area contributed by atoms with Gasteiger partial charge in [-0.25, -0.2) is 4.99 Å². The lowest BCUT2D eigenvalue weighted by molar-refractivity contribution is 0.683. The van der Waals surface area contributed by atoms with Gasteiger partial charge in [0, 0.05) is 12.2 Å². The third-order valence-corrected chi connectivity index (χ3v) is 4.03. The van der Waals surface area contributed by atoms with Gasteiger partial charge in [0.05, 0.1) is 6.04 Å². The Bertz CT molecular complexity index is 826. The lowest BCUT2D eigenvalue weighted by Crippen LogP contribution is -2.38. The standard InChI is InChI=1S/C20H24N6/c1-3-21-20(24-16(2)17-10-6-4-7-11-17)22-14-19-25-23-15-26(19)18-12-8-5-9-13-18/h4-13,15-16H,3,14H2,1-2H3,(H2,21,22,24). The first-order valence-corrected chi connectivity index (χ1v) is 8.82. The molecule has 0 saturated heterocycles. The lowest BCUT2D eigenvalue weighted by Gasteiger charge is -2.18. The van der Waals surface area contributed by atoms with Crippen LogP contribution < -0.4 is 10.6 Å². The van der Waals surface area contributed by atoms with E-state index >= 15 is 0 Å². The number of aromatic nitrogens is 3. The van der Waals surface area contributed by atoms with E-state index < -0.39 is 0 Å². The van der Waals surface area contributed by atoms with Crippen molar-refractivity contribution in [3.05, 3.63) is 78.4 Å². The van der Waals surface area contributed by atoms with Crippen molar-refractivity contribution >= 4 is 5.96 Å². The van der Waals surface area contributed by atoms with Gasteiger partial charge in [0.25, 0.3) is 0 Å². The van der Waals surface area contributed by atoms with E-state index in [2.05, 4.69) is 51.8 Å². The minimum absolute atomic E-state index is 0.154. The van der Waals surface area contributed by atoms with Crippen LogP contribution in [0.3, 0.4) is 0 Å². The maximum atomic E-state index is 4.68. The second-order valence-corrected chi connectivity index (χ2v) is 5.92. The smallest absolute Gasteiger partial charge is 0.192 e. The Labute approximate surface area is 154 Å². The second-order valence-electron chi connectivity index (χ2n) is 5.92. The molecule has 0 spiro atoms. The van der Waals surface area contributed by atoms with Gasteiger partial charge in [0.15, 0.2) is 11.8 Å². The Morgan fingerprint density at radius 2 is 1.77 bits per heavy atom. The highest BCUT2D eigenvalue weighted by Gasteiger charge is 2.09. The van der Waals surface area contributed by atoms with Gasteiger partial charge in [-0.2, -0.15) is 0 Å². The van der Waals surface area contributed by atoms with E-state index in [1.807, 2.05) is 53.1 Å². The summed E-state index contributed by atoms with van der Waals surface area (Å²) in [7, 11) is 0. The lowest BCUT2D eigenvalue weighted by atomic mass is 10.1. The van der Waals surface area contributed by atoms with Crippen LogP contribution in [0, 0.1) is 0 Å². The number of hydrogen-bond donors (Lipinski definition) is 2. The normalized spacial score (nSPS) is 12.6. The molecule has 0 aliphatic carbocycles. The van der Waals surface area contributed by atoms with E-state index in [9.17, 15) is 0 Å². The van der Waals surface area contributed by atoms with Gasteiger partial charge < -0.3 is 10.6 Å². The molecule has 26 heavy (non-hydrogen) atoms. The van der Waals surface area contributed by atoms with Crippen LogP contribution in [0.1, 0.15) is 31.3 Å². The van der Waals surface area contributed by atoms with Crippen molar-refractivity contribution in [1.29, 1.82) is 0 Å². The van der Waals surface area contributed by atoms with Crippen molar-refractivity contribution in [2.45, 2.75) is 26.4 Å². The molecule has 3 rings (SSSR count). The fourth-order valence-corrected chi connectivity index (χ4v) is 2.67. The summed E-state index contributed by atoms with van der Waals surface area (Å²) in [4.78, 5) is 4.68. The molecule has 1 heterocycles. The summed E-state index contributed by atoms with van der Waals surface area (Å²) >= 11 is 0. The Morgan fingerprint density at radius 1 is 1.08 bits per heavy atom. The van der Waals surface area contributed by atoms with Gasteiger partial charge in [0.2, 0.25) is 0 Å². The number of para-hydroxylation sites is 1. The first-order chi connectivity index (χ1) is 12.8. The summed E-state index contributed by atoms with van der Waals surface area (Å²) in [5.41, 5.74) is 2.24. The van der Waals surface area contributed by atoms with Crippen molar-refractivity contribution in [2.75, 3.05) is 6.54 Å². The first kappa shape index (κ1) is 17.7. The van der Waals surface area contributed by atoms with Crippen LogP contribution >= 0.6 is 0 Å². The highest BCUT2D eigenvalue weighted by molar-refractivity contribution is 5.80. The van der Waals surface area contributed by atoms with Crippen molar-refractivity contribution in [3.63, 3.8) is 0 Å². The van der Waals surface area contributed by atoms with Crippen molar-refractivity contribution in [2.24, 2.45) is 4.99 Å². The topological polar surface area (TPSA) is 67.1 Å². The molecule has 2 N–H and O–H groups in total. The number of guanidine groups is 1. The molecule has 1 atom stereocenters. The molecule has 0 fully saturated rings. The summed E-state index contributed by atoms with van der Waals surface area (Å²) in [6, 6.07) is 20.5. The molecule has 0 saturated carbocycles. The van der Waals surface area contributed by atoms with Gasteiger partial charge >= 0.3 is 0 Å². The summed E-state index contributed by atoms with van der Waals surface area (Å²) < 4.78 is 1.95. The molecule has 0 aliphatic rings. The van der Waals surface area contributed by atoms with Crippen LogP contribution in [-0.4, -0.2) is 27.3 Å². The molecule has 0 bridgehead atoms. The highest BCUT2D eigenvalue weighted by atomic mass is 15.3. The molecule has 1 aromatic heterocycles. The quantitative estimate of drug-likeness (QED) is 0.531. The highest BCUT2D eigenvalue weighted by Crippen LogP contribution is 2.12. The van der Waals surface area contributed by atoms with E-state index in [0.29, 0.717) is 6.54 Å². The average molecular weight is 348 g/mol. The third-order valence-electron chi connectivity index (χ3n) is 4.03. The maximum absolute atomic E-state index is 4.68. The summed E-state index contributed by atoms with van der Waals surface area (Å²) in [6.45, 7) is 5.40. The molecule has 6 nitrogen and oxygen atoms in total. The summed E-state index contributed by atoms with van der Waals surface area (Å²) in [5.74, 6) is 1.55. The largest absolute Gasteiger partial charge is 0.357 e. The first-order valence-electron chi connectivity index (χ1n) is 8.82. The molecular weight excluding hydrogens is 324 g/mol. The zero-order valence-corrected chi connectivity index (χ0v) is 15.1. The van der Waals surface area contributed by atoms with Crippen LogP contribution in [0.2, 0.25) is 0 Å². The molecular formula is C20H24N6. The molecule has 6 heteroatoms. The van der Waals surface area contributed by atoms with Gasteiger partial charge in [-0.1, -0.05) is 48.5 Å². The second kappa shape index (κ2) is 8.80. The zero-order chi connectivity index (χ0) is 18.2.